The minimum absolute atomic E-state index is 0.109. The van der Waals surface area contributed by atoms with Gasteiger partial charge in [-0.15, -0.1) is 0 Å². The number of hydrogen-bond donors (Lipinski definition) is 0. The van der Waals surface area contributed by atoms with Crippen molar-refractivity contribution < 1.29 is 9.36 Å². The van der Waals surface area contributed by atoms with Crippen molar-refractivity contribution in [1.29, 1.82) is 0 Å². The van der Waals surface area contributed by atoms with Gasteiger partial charge >= 0.3 is 0 Å². The summed E-state index contributed by atoms with van der Waals surface area (Å²) in [6.07, 6.45) is 0. The molecule has 1 aromatic carbocycles. The first kappa shape index (κ1) is 12.4. The number of carbonyl (C=O) groups is 1. The maximum Gasteiger partial charge on any atom is 0.296 e. The molecule has 3 nitrogen and oxygen atoms in total. The standard InChI is InChI=1S/C15H17N2O/c1-11-9-12(2)17(13(3)16-11)10-15(18)14-7-5-4-6-8-14/h4-9H,10H2,1-3H3/q+1. The molecule has 1 heterocycles. The zero-order valence-electron chi connectivity index (χ0n) is 11.0. The molecule has 0 saturated heterocycles. The van der Waals surface area contributed by atoms with Crippen LogP contribution >= 0.6 is 0 Å². The second-order valence-corrected chi connectivity index (χ2v) is 4.46. The lowest BCUT2D eigenvalue weighted by atomic mass is 10.1. The molecule has 0 fully saturated rings. The highest BCUT2D eigenvalue weighted by molar-refractivity contribution is 5.94. The number of carbonyl (C=O) groups excluding carboxylic acids is 1. The van der Waals surface area contributed by atoms with E-state index in [0.29, 0.717) is 6.54 Å². The fourth-order valence-electron chi connectivity index (χ4n) is 2.08. The van der Waals surface area contributed by atoms with Crippen molar-refractivity contribution in [3.63, 3.8) is 0 Å². The zero-order chi connectivity index (χ0) is 13.1. The monoisotopic (exact) mass is 241 g/mol. The number of aromatic nitrogens is 2. The smallest absolute Gasteiger partial charge is 0.290 e. The Morgan fingerprint density at radius 3 is 2.44 bits per heavy atom. The predicted molar refractivity (Wildman–Crippen MR) is 69.4 cm³/mol. The molecule has 3 heteroatoms. The van der Waals surface area contributed by atoms with Crippen LogP contribution in [-0.4, -0.2) is 10.8 Å². The van der Waals surface area contributed by atoms with Crippen molar-refractivity contribution in [3.05, 3.63) is 59.2 Å². The molecule has 0 atom stereocenters. The summed E-state index contributed by atoms with van der Waals surface area (Å²) in [4.78, 5) is 16.5. The van der Waals surface area contributed by atoms with Crippen LogP contribution in [0.25, 0.3) is 0 Å². The summed E-state index contributed by atoms with van der Waals surface area (Å²) >= 11 is 0. The molecule has 0 unspecified atom stereocenters. The fourth-order valence-corrected chi connectivity index (χ4v) is 2.08. The number of hydrogen-bond acceptors (Lipinski definition) is 2. The molecular weight excluding hydrogens is 224 g/mol. The van der Waals surface area contributed by atoms with Crippen LogP contribution < -0.4 is 4.57 Å². The van der Waals surface area contributed by atoms with Crippen molar-refractivity contribution in [2.24, 2.45) is 0 Å². The molecule has 0 amide bonds. The van der Waals surface area contributed by atoms with Crippen molar-refractivity contribution in [2.75, 3.05) is 0 Å². The molecule has 2 rings (SSSR count). The summed E-state index contributed by atoms with van der Waals surface area (Å²) in [7, 11) is 0. The summed E-state index contributed by atoms with van der Waals surface area (Å²) in [6.45, 7) is 6.23. The lowest BCUT2D eigenvalue weighted by Gasteiger charge is -2.05. The van der Waals surface area contributed by atoms with Gasteiger partial charge in [-0.1, -0.05) is 35.3 Å². The number of ketones is 1. The normalized spacial score (nSPS) is 10.4. The molecule has 18 heavy (non-hydrogen) atoms. The van der Waals surface area contributed by atoms with Gasteiger partial charge in [-0.25, -0.2) is 4.57 Å². The highest BCUT2D eigenvalue weighted by Crippen LogP contribution is 2.02. The van der Waals surface area contributed by atoms with Crippen molar-refractivity contribution in [3.8, 4) is 0 Å². The average molecular weight is 241 g/mol. The Labute approximate surface area is 107 Å². The van der Waals surface area contributed by atoms with E-state index in [-0.39, 0.29) is 5.78 Å². The molecule has 0 radical (unpaired) electrons. The van der Waals surface area contributed by atoms with Crippen LogP contribution in [0.1, 0.15) is 27.6 Å². The van der Waals surface area contributed by atoms with Crippen LogP contribution in [0.3, 0.4) is 0 Å². The van der Waals surface area contributed by atoms with E-state index in [4.69, 9.17) is 0 Å². The highest BCUT2D eigenvalue weighted by atomic mass is 16.1. The second kappa shape index (κ2) is 5.08. The lowest BCUT2D eigenvalue weighted by molar-refractivity contribution is -0.698. The van der Waals surface area contributed by atoms with E-state index in [1.165, 1.54) is 0 Å². The Morgan fingerprint density at radius 2 is 1.83 bits per heavy atom. The van der Waals surface area contributed by atoms with Crippen LogP contribution in [0.15, 0.2) is 36.4 Å². The van der Waals surface area contributed by atoms with Gasteiger partial charge in [0.15, 0.2) is 12.2 Å². The van der Waals surface area contributed by atoms with Gasteiger partial charge < -0.3 is 0 Å². The largest absolute Gasteiger partial charge is 0.296 e. The van der Waals surface area contributed by atoms with Crippen LogP contribution in [0.2, 0.25) is 0 Å². The lowest BCUT2D eigenvalue weighted by Crippen LogP contribution is -2.44. The molecule has 0 aliphatic carbocycles. The van der Waals surface area contributed by atoms with E-state index < -0.39 is 0 Å². The molecule has 1 aromatic heterocycles. The topological polar surface area (TPSA) is 33.8 Å². The molecule has 0 spiro atoms. The number of rotatable bonds is 3. The Hall–Kier alpha value is -2.03. The molecule has 0 bridgehead atoms. The van der Waals surface area contributed by atoms with Crippen LogP contribution in [-0.2, 0) is 6.54 Å². The maximum atomic E-state index is 12.2. The highest BCUT2D eigenvalue weighted by Gasteiger charge is 2.16. The maximum absolute atomic E-state index is 12.2. The van der Waals surface area contributed by atoms with Gasteiger partial charge in [0.2, 0.25) is 5.78 Å². The van der Waals surface area contributed by atoms with Gasteiger partial charge in [-0.2, -0.15) is 0 Å². The number of aryl methyl sites for hydroxylation is 3. The number of Topliss-reactive ketones (excluding diaryl/α,β-unsaturated/α-hetero) is 1. The van der Waals surface area contributed by atoms with E-state index >= 15 is 0 Å². The zero-order valence-corrected chi connectivity index (χ0v) is 11.0. The van der Waals surface area contributed by atoms with Gasteiger partial charge in [0, 0.05) is 25.5 Å². The minimum atomic E-state index is 0.109. The second-order valence-electron chi connectivity index (χ2n) is 4.46. The quantitative estimate of drug-likeness (QED) is 0.609. The molecule has 0 N–H and O–H groups in total. The summed E-state index contributed by atoms with van der Waals surface area (Å²) in [5.41, 5.74) is 2.78. The molecule has 2 aromatic rings. The van der Waals surface area contributed by atoms with Gasteiger partial charge in [0.05, 0.1) is 0 Å². The third-order valence-corrected chi connectivity index (χ3v) is 2.97. The van der Waals surface area contributed by atoms with Gasteiger partial charge in [-0.3, -0.25) is 4.79 Å². The third-order valence-electron chi connectivity index (χ3n) is 2.97. The van der Waals surface area contributed by atoms with Gasteiger partial charge in [0.1, 0.15) is 5.69 Å². The van der Waals surface area contributed by atoms with Gasteiger partial charge in [-0.05, 0) is 6.92 Å². The minimum Gasteiger partial charge on any atom is -0.290 e. The van der Waals surface area contributed by atoms with Gasteiger partial charge in [0.25, 0.3) is 5.82 Å². The fraction of sp³-hybridized carbons (Fsp3) is 0.267. The van der Waals surface area contributed by atoms with Crippen molar-refractivity contribution >= 4 is 5.78 Å². The van der Waals surface area contributed by atoms with E-state index in [0.717, 1.165) is 22.8 Å². The number of nitrogens with zero attached hydrogens (tertiary/aromatic N) is 2. The van der Waals surface area contributed by atoms with Crippen LogP contribution in [0.4, 0.5) is 0 Å². The Kier molecular flexibility index (Phi) is 3.51. The predicted octanol–water partition coefficient (Wildman–Crippen LogP) is 2.18. The summed E-state index contributed by atoms with van der Waals surface area (Å²) in [5, 5.41) is 0. The summed E-state index contributed by atoms with van der Waals surface area (Å²) in [6, 6.07) is 11.3. The Balaban J connectivity index is 2.28. The van der Waals surface area contributed by atoms with Crippen LogP contribution in [0, 0.1) is 20.8 Å². The van der Waals surface area contributed by atoms with E-state index in [9.17, 15) is 4.79 Å². The summed E-state index contributed by atoms with van der Waals surface area (Å²) in [5.74, 6) is 0.981. The van der Waals surface area contributed by atoms with Crippen molar-refractivity contribution in [1.82, 2.24) is 4.98 Å². The average Bonchev–Trinajstić information content (AvgIpc) is 2.34. The SMILES string of the molecule is Cc1cc(C)[n+](CC(=O)c2ccccc2)c(C)n1. The molecular formula is C15H17N2O+. The molecule has 92 valence electrons. The first-order chi connectivity index (χ1) is 8.58. The summed E-state index contributed by atoms with van der Waals surface area (Å²) < 4.78 is 1.95. The molecule has 0 aliphatic heterocycles. The molecule has 0 saturated carbocycles. The van der Waals surface area contributed by atoms with Crippen LogP contribution in [0.5, 0.6) is 0 Å². The first-order valence-electron chi connectivity index (χ1n) is 6.01. The number of benzene rings is 1. The Bertz CT molecular complexity index is 553. The first-order valence-corrected chi connectivity index (χ1v) is 6.01. The third kappa shape index (κ3) is 2.62. The van der Waals surface area contributed by atoms with E-state index in [1.54, 1.807) is 0 Å². The Morgan fingerprint density at radius 1 is 1.17 bits per heavy atom. The van der Waals surface area contributed by atoms with E-state index in [2.05, 4.69) is 4.98 Å². The van der Waals surface area contributed by atoms with Crippen molar-refractivity contribution in [2.45, 2.75) is 27.3 Å². The van der Waals surface area contributed by atoms with E-state index in [1.807, 2.05) is 61.7 Å². The molecule has 0 aliphatic rings.